The number of hydrogen-bond donors (Lipinski definition) is 1. The van der Waals surface area contributed by atoms with E-state index in [1.807, 2.05) is 41.3 Å². The van der Waals surface area contributed by atoms with Crippen molar-refractivity contribution in [2.24, 2.45) is 0 Å². The first-order valence-corrected chi connectivity index (χ1v) is 7.30. The van der Waals surface area contributed by atoms with Gasteiger partial charge < -0.3 is 5.32 Å². The lowest BCUT2D eigenvalue weighted by Crippen LogP contribution is -2.40. The zero-order valence-corrected chi connectivity index (χ0v) is 11.9. The Bertz CT molecular complexity index is 776. The predicted octanol–water partition coefficient (Wildman–Crippen LogP) is 4.42. The predicted molar refractivity (Wildman–Crippen MR) is 85.3 cm³/mol. The molecule has 2 amide bonds. The highest BCUT2D eigenvalue weighted by Gasteiger charge is 2.34. The minimum absolute atomic E-state index is 0.0678. The Morgan fingerprint density at radius 2 is 1.86 bits per heavy atom. The Kier molecular flexibility index (Phi) is 2.61. The summed E-state index contributed by atoms with van der Waals surface area (Å²) >= 11 is 0. The first-order chi connectivity index (χ1) is 10.3. The molecule has 3 heteroatoms. The number of nitrogens with one attached hydrogen (secondary N) is 1. The van der Waals surface area contributed by atoms with Gasteiger partial charge in [0.15, 0.2) is 0 Å². The number of allylic oxidation sites excluding steroid dienone is 1. The van der Waals surface area contributed by atoms with Crippen molar-refractivity contribution >= 4 is 23.1 Å². The number of carbonyl (C=O) groups is 1. The fraction of sp³-hybridized carbons (Fsp3) is 0.167. The quantitative estimate of drug-likeness (QED) is 0.821. The number of hydrogen-bond acceptors (Lipinski definition) is 1. The first-order valence-electron chi connectivity index (χ1n) is 7.30. The zero-order valence-electron chi connectivity index (χ0n) is 11.9. The van der Waals surface area contributed by atoms with Crippen LogP contribution in [0.15, 0.2) is 54.1 Å². The fourth-order valence-electron chi connectivity index (χ4n) is 3.25. The van der Waals surface area contributed by atoms with Crippen molar-refractivity contribution in [2.75, 3.05) is 10.2 Å². The van der Waals surface area contributed by atoms with Gasteiger partial charge >= 0.3 is 6.03 Å². The van der Waals surface area contributed by atoms with Gasteiger partial charge in [-0.05, 0) is 36.1 Å². The highest BCUT2D eigenvalue weighted by Crippen LogP contribution is 2.43. The number of carbonyl (C=O) groups excluding carboxylic acids is 1. The van der Waals surface area contributed by atoms with Crippen LogP contribution in [0.5, 0.6) is 0 Å². The SMILES string of the molecule is CCC1=C2c3ccccc3NC(=O)N2c2ccccc2C1. The number of rotatable bonds is 1. The second kappa shape index (κ2) is 4.48. The van der Waals surface area contributed by atoms with Crippen LogP contribution in [0, 0.1) is 0 Å². The van der Waals surface area contributed by atoms with E-state index >= 15 is 0 Å². The smallest absolute Gasteiger partial charge is 0.307 e. The van der Waals surface area contributed by atoms with Gasteiger partial charge in [0.1, 0.15) is 0 Å². The lowest BCUT2D eigenvalue weighted by Gasteiger charge is -2.38. The van der Waals surface area contributed by atoms with Crippen LogP contribution in [0.3, 0.4) is 0 Å². The highest BCUT2D eigenvalue weighted by atomic mass is 16.2. The Labute approximate surface area is 123 Å². The van der Waals surface area contributed by atoms with Crippen molar-refractivity contribution in [2.45, 2.75) is 19.8 Å². The molecule has 2 heterocycles. The number of fused-ring (bicyclic) bond motifs is 5. The van der Waals surface area contributed by atoms with E-state index in [2.05, 4.69) is 24.4 Å². The molecule has 2 aliphatic rings. The summed E-state index contributed by atoms with van der Waals surface area (Å²) in [5, 5.41) is 3.00. The molecule has 2 aromatic rings. The van der Waals surface area contributed by atoms with E-state index in [1.165, 1.54) is 11.1 Å². The van der Waals surface area contributed by atoms with E-state index in [0.29, 0.717) is 0 Å². The van der Waals surface area contributed by atoms with Gasteiger partial charge in [-0.25, -0.2) is 4.79 Å². The van der Waals surface area contributed by atoms with E-state index in [-0.39, 0.29) is 6.03 Å². The van der Waals surface area contributed by atoms with Crippen molar-refractivity contribution in [3.05, 3.63) is 65.2 Å². The van der Waals surface area contributed by atoms with Gasteiger partial charge in [-0.1, -0.05) is 43.3 Å². The summed E-state index contributed by atoms with van der Waals surface area (Å²) in [6, 6.07) is 16.1. The summed E-state index contributed by atoms with van der Waals surface area (Å²) in [6.45, 7) is 2.16. The molecule has 0 saturated carbocycles. The average Bonchev–Trinajstić information content (AvgIpc) is 2.53. The van der Waals surface area contributed by atoms with E-state index in [0.717, 1.165) is 35.5 Å². The maximum atomic E-state index is 12.6. The molecule has 0 unspecified atom stereocenters. The average molecular weight is 276 g/mol. The van der Waals surface area contributed by atoms with Gasteiger partial charge in [0.2, 0.25) is 0 Å². The molecule has 0 spiro atoms. The minimum Gasteiger partial charge on any atom is -0.307 e. The lowest BCUT2D eigenvalue weighted by molar-refractivity contribution is 0.258. The van der Waals surface area contributed by atoms with Crippen molar-refractivity contribution in [1.82, 2.24) is 0 Å². The van der Waals surface area contributed by atoms with Crippen LogP contribution in [0.4, 0.5) is 16.2 Å². The van der Waals surface area contributed by atoms with Gasteiger partial charge in [0.05, 0.1) is 17.1 Å². The second-order valence-corrected chi connectivity index (χ2v) is 5.42. The van der Waals surface area contributed by atoms with Crippen molar-refractivity contribution in [3.8, 4) is 0 Å². The van der Waals surface area contributed by atoms with Crippen LogP contribution in [-0.4, -0.2) is 6.03 Å². The van der Waals surface area contributed by atoms with E-state index in [1.54, 1.807) is 0 Å². The molecule has 4 rings (SSSR count). The van der Waals surface area contributed by atoms with Crippen LogP contribution in [0.2, 0.25) is 0 Å². The van der Waals surface area contributed by atoms with E-state index < -0.39 is 0 Å². The van der Waals surface area contributed by atoms with Crippen LogP contribution in [0.1, 0.15) is 24.5 Å². The summed E-state index contributed by atoms with van der Waals surface area (Å²) in [6.07, 6.45) is 1.86. The second-order valence-electron chi connectivity index (χ2n) is 5.42. The normalized spacial score (nSPS) is 16.0. The fourth-order valence-corrected chi connectivity index (χ4v) is 3.25. The molecule has 0 saturated heterocycles. The zero-order chi connectivity index (χ0) is 14.4. The number of nitrogens with zero attached hydrogens (tertiary/aromatic N) is 1. The van der Waals surface area contributed by atoms with Gasteiger partial charge in [-0.2, -0.15) is 0 Å². The third-order valence-corrected chi connectivity index (χ3v) is 4.25. The van der Waals surface area contributed by atoms with Crippen molar-refractivity contribution in [3.63, 3.8) is 0 Å². The summed E-state index contributed by atoms with van der Waals surface area (Å²) in [5.74, 6) is 0. The summed E-state index contributed by atoms with van der Waals surface area (Å²) in [4.78, 5) is 14.4. The van der Waals surface area contributed by atoms with E-state index in [4.69, 9.17) is 0 Å². The minimum atomic E-state index is -0.0678. The molecule has 2 aliphatic heterocycles. The molecule has 3 nitrogen and oxygen atoms in total. The molecule has 0 fully saturated rings. The third-order valence-electron chi connectivity index (χ3n) is 4.25. The van der Waals surface area contributed by atoms with Crippen LogP contribution in [0.25, 0.3) is 5.70 Å². The van der Waals surface area contributed by atoms with Gasteiger partial charge in [-0.3, -0.25) is 4.90 Å². The molecule has 0 aliphatic carbocycles. The number of anilines is 2. The molecule has 1 N–H and O–H groups in total. The van der Waals surface area contributed by atoms with Gasteiger partial charge in [-0.15, -0.1) is 0 Å². The van der Waals surface area contributed by atoms with Crippen LogP contribution in [-0.2, 0) is 6.42 Å². The monoisotopic (exact) mass is 276 g/mol. The summed E-state index contributed by atoms with van der Waals surface area (Å²) < 4.78 is 0. The van der Waals surface area contributed by atoms with Crippen LogP contribution < -0.4 is 10.2 Å². The number of urea groups is 1. The molecule has 0 aromatic heterocycles. The van der Waals surface area contributed by atoms with Crippen LogP contribution >= 0.6 is 0 Å². The Morgan fingerprint density at radius 1 is 1.10 bits per heavy atom. The van der Waals surface area contributed by atoms with E-state index in [9.17, 15) is 4.79 Å². The number of para-hydroxylation sites is 2. The largest absolute Gasteiger partial charge is 0.330 e. The van der Waals surface area contributed by atoms with Crippen molar-refractivity contribution < 1.29 is 4.79 Å². The highest BCUT2D eigenvalue weighted by molar-refractivity contribution is 6.18. The lowest BCUT2D eigenvalue weighted by atomic mass is 9.89. The molecule has 0 bridgehead atoms. The Hall–Kier alpha value is -2.55. The molecule has 2 aromatic carbocycles. The molecule has 104 valence electrons. The Morgan fingerprint density at radius 3 is 2.71 bits per heavy atom. The maximum Gasteiger partial charge on any atom is 0.330 e. The Balaban J connectivity index is 2.01. The molecular formula is C18H16N2O. The third kappa shape index (κ3) is 1.70. The molecular weight excluding hydrogens is 260 g/mol. The summed E-state index contributed by atoms with van der Waals surface area (Å²) in [5.41, 5.74) is 6.61. The first kappa shape index (κ1) is 12.2. The topological polar surface area (TPSA) is 32.3 Å². The van der Waals surface area contributed by atoms with Gasteiger partial charge in [0, 0.05) is 5.56 Å². The van der Waals surface area contributed by atoms with Gasteiger partial charge in [0.25, 0.3) is 0 Å². The maximum absolute atomic E-state index is 12.6. The number of benzene rings is 2. The molecule has 21 heavy (non-hydrogen) atoms. The summed E-state index contributed by atoms with van der Waals surface area (Å²) in [7, 11) is 0. The molecule has 0 radical (unpaired) electrons. The molecule has 0 atom stereocenters. The van der Waals surface area contributed by atoms with Crippen molar-refractivity contribution in [1.29, 1.82) is 0 Å². The standard InChI is InChI=1S/C18H16N2O/c1-2-12-11-13-7-3-6-10-16(13)20-17(12)14-8-4-5-9-15(14)19-18(20)21/h3-10H,2,11H2,1H3,(H,19,21). The number of amides is 2.